The van der Waals surface area contributed by atoms with E-state index in [1.165, 1.54) is 7.11 Å². The van der Waals surface area contributed by atoms with Crippen LogP contribution in [0.3, 0.4) is 0 Å². The molecule has 1 aromatic heterocycles. The van der Waals surface area contributed by atoms with E-state index >= 15 is 0 Å². The van der Waals surface area contributed by atoms with Crippen molar-refractivity contribution < 1.29 is 18.7 Å². The van der Waals surface area contributed by atoms with E-state index in [-0.39, 0.29) is 18.1 Å². The van der Waals surface area contributed by atoms with Crippen LogP contribution in [0.1, 0.15) is 30.2 Å². The van der Waals surface area contributed by atoms with Crippen molar-refractivity contribution in [3.8, 4) is 0 Å². The van der Waals surface area contributed by atoms with Crippen LogP contribution in [0.25, 0.3) is 0 Å². The molecule has 0 N–H and O–H groups in total. The van der Waals surface area contributed by atoms with Crippen molar-refractivity contribution in [2.75, 3.05) is 14.2 Å². The van der Waals surface area contributed by atoms with Crippen LogP contribution in [-0.2, 0) is 19.9 Å². The molecule has 0 unspecified atom stereocenters. The number of fused-ring (bicyclic) bond motifs is 1. The Balaban J connectivity index is 2.51. The highest BCUT2D eigenvalue weighted by Gasteiger charge is 2.48. The molecule has 0 saturated carbocycles. The predicted octanol–water partition coefficient (Wildman–Crippen LogP) is 1.90. The van der Waals surface area contributed by atoms with Gasteiger partial charge in [-0.25, -0.2) is 9.18 Å². The van der Waals surface area contributed by atoms with Crippen molar-refractivity contribution in [3.63, 3.8) is 0 Å². The van der Waals surface area contributed by atoms with E-state index < -0.39 is 11.6 Å². The number of carbonyl (C=O) groups is 1. The summed E-state index contributed by atoms with van der Waals surface area (Å²) in [6.07, 6.45) is 1.76. The fourth-order valence-corrected chi connectivity index (χ4v) is 2.21. The lowest BCUT2D eigenvalue weighted by molar-refractivity contribution is -0.157. The summed E-state index contributed by atoms with van der Waals surface area (Å²) in [5.41, 5.74) is -1.37. The first-order valence-corrected chi connectivity index (χ1v) is 5.39. The van der Waals surface area contributed by atoms with Crippen molar-refractivity contribution in [2.45, 2.75) is 24.6 Å². The lowest BCUT2D eigenvalue weighted by Crippen LogP contribution is -2.37. The van der Waals surface area contributed by atoms with Gasteiger partial charge in [0.05, 0.1) is 18.9 Å². The Hall–Kier alpha value is -1.49. The molecule has 0 bridgehead atoms. The van der Waals surface area contributed by atoms with Crippen LogP contribution in [0.5, 0.6) is 0 Å². The molecule has 0 radical (unpaired) electrons. The number of methoxy groups -OCH3 is 2. The minimum absolute atomic E-state index is 0.0525. The van der Waals surface area contributed by atoms with Crippen LogP contribution in [0.15, 0.2) is 18.3 Å². The summed E-state index contributed by atoms with van der Waals surface area (Å²) in [6, 6.07) is 3.17. The second-order valence-corrected chi connectivity index (χ2v) is 3.99. The molecule has 1 heterocycles. The van der Waals surface area contributed by atoms with Crippen molar-refractivity contribution in [2.24, 2.45) is 0 Å². The fraction of sp³-hybridized carbons (Fsp3) is 0.500. The first-order valence-electron chi connectivity index (χ1n) is 5.39. The average Bonchev–Trinajstić information content (AvgIpc) is 2.38. The molecule has 17 heavy (non-hydrogen) atoms. The molecule has 2 rings (SSSR count). The number of ether oxygens (including phenoxy) is 2. The minimum atomic E-state index is -2.10. The Morgan fingerprint density at radius 1 is 1.59 bits per heavy atom. The van der Waals surface area contributed by atoms with Gasteiger partial charge in [0.2, 0.25) is 5.67 Å². The largest absolute Gasteiger partial charge is 0.466 e. The number of carbonyl (C=O) groups excluding carboxylic acids is 1. The number of aromatic nitrogens is 1. The highest BCUT2D eigenvalue weighted by Crippen LogP contribution is 2.43. The molecule has 0 aromatic carbocycles. The molecule has 0 fully saturated rings. The highest BCUT2D eigenvalue weighted by molar-refractivity contribution is 5.81. The average molecular weight is 239 g/mol. The second-order valence-electron chi connectivity index (χ2n) is 3.99. The summed E-state index contributed by atoms with van der Waals surface area (Å²) in [7, 11) is 2.73. The first kappa shape index (κ1) is 12.0. The van der Waals surface area contributed by atoms with E-state index in [1.807, 2.05) is 0 Å². The second kappa shape index (κ2) is 4.41. The topological polar surface area (TPSA) is 48.4 Å². The van der Waals surface area contributed by atoms with Gasteiger partial charge in [-0.15, -0.1) is 0 Å². The molecule has 5 heteroatoms. The number of hydrogen-bond donors (Lipinski definition) is 0. The third-order valence-electron chi connectivity index (χ3n) is 3.11. The number of alkyl halides is 1. The van der Waals surface area contributed by atoms with Gasteiger partial charge in [-0.05, 0) is 18.9 Å². The SMILES string of the molecule is COC(=O)[C@@]1(F)CC[C@@H](OC)c2ncccc21. The maximum Gasteiger partial charge on any atom is 0.348 e. The zero-order valence-electron chi connectivity index (χ0n) is 9.77. The van der Waals surface area contributed by atoms with Crippen LogP contribution < -0.4 is 0 Å². The van der Waals surface area contributed by atoms with Gasteiger partial charge in [-0.2, -0.15) is 0 Å². The number of esters is 1. The van der Waals surface area contributed by atoms with E-state index in [4.69, 9.17) is 4.74 Å². The molecule has 0 amide bonds. The van der Waals surface area contributed by atoms with Gasteiger partial charge in [-0.1, -0.05) is 6.07 Å². The number of nitrogens with zero attached hydrogens (tertiary/aromatic N) is 1. The Kier molecular flexibility index (Phi) is 3.11. The Labute approximate surface area is 98.8 Å². The summed E-state index contributed by atoms with van der Waals surface area (Å²) in [4.78, 5) is 15.7. The van der Waals surface area contributed by atoms with E-state index in [9.17, 15) is 9.18 Å². The molecule has 0 aliphatic heterocycles. The lowest BCUT2D eigenvalue weighted by atomic mass is 9.81. The van der Waals surface area contributed by atoms with Crippen molar-refractivity contribution in [1.29, 1.82) is 0 Å². The molecule has 1 aliphatic rings. The van der Waals surface area contributed by atoms with E-state index in [2.05, 4.69) is 9.72 Å². The van der Waals surface area contributed by atoms with Gasteiger partial charge in [0, 0.05) is 18.9 Å². The summed E-state index contributed by atoms with van der Waals surface area (Å²) < 4.78 is 24.5. The summed E-state index contributed by atoms with van der Waals surface area (Å²) in [6.45, 7) is 0. The van der Waals surface area contributed by atoms with E-state index in [0.29, 0.717) is 12.1 Å². The molecule has 2 atom stereocenters. The Morgan fingerprint density at radius 2 is 2.35 bits per heavy atom. The summed E-state index contributed by atoms with van der Waals surface area (Å²) in [5, 5.41) is 0. The summed E-state index contributed by atoms with van der Waals surface area (Å²) in [5.74, 6) is -0.874. The van der Waals surface area contributed by atoms with Gasteiger partial charge < -0.3 is 9.47 Å². The van der Waals surface area contributed by atoms with Gasteiger partial charge in [0.25, 0.3) is 0 Å². The summed E-state index contributed by atoms with van der Waals surface area (Å²) >= 11 is 0. The Bertz CT molecular complexity index is 438. The first-order chi connectivity index (χ1) is 8.13. The highest BCUT2D eigenvalue weighted by atomic mass is 19.1. The van der Waals surface area contributed by atoms with Crippen LogP contribution in [0.2, 0.25) is 0 Å². The number of halogens is 1. The van der Waals surface area contributed by atoms with Crippen molar-refractivity contribution >= 4 is 5.97 Å². The molecule has 1 aliphatic carbocycles. The molecule has 1 aromatic rings. The van der Waals surface area contributed by atoms with Gasteiger partial charge in [0.1, 0.15) is 0 Å². The molecule has 0 saturated heterocycles. The Morgan fingerprint density at radius 3 is 3.00 bits per heavy atom. The third kappa shape index (κ3) is 1.80. The molecule has 4 nitrogen and oxygen atoms in total. The predicted molar refractivity (Wildman–Crippen MR) is 58.0 cm³/mol. The van der Waals surface area contributed by atoms with Crippen LogP contribution in [0.4, 0.5) is 4.39 Å². The van der Waals surface area contributed by atoms with Crippen molar-refractivity contribution in [1.82, 2.24) is 4.98 Å². The van der Waals surface area contributed by atoms with E-state index in [0.717, 1.165) is 0 Å². The van der Waals surface area contributed by atoms with Gasteiger partial charge >= 0.3 is 5.97 Å². The maximum atomic E-state index is 14.7. The normalized spacial score (nSPS) is 27.4. The smallest absolute Gasteiger partial charge is 0.348 e. The van der Waals surface area contributed by atoms with Crippen LogP contribution in [0, 0.1) is 0 Å². The fourth-order valence-electron chi connectivity index (χ4n) is 2.21. The molecule has 0 spiro atoms. The zero-order chi connectivity index (χ0) is 12.5. The monoisotopic (exact) mass is 239 g/mol. The molecular weight excluding hydrogens is 225 g/mol. The van der Waals surface area contributed by atoms with E-state index in [1.54, 1.807) is 25.4 Å². The minimum Gasteiger partial charge on any atom is -0.466 e. The number of rotatable bonds is 2. The third-order valence-corrected chi connectivity index (χ3v) is 3.11. The number of pyridine rings is 1. The molecule has 92 valence electrons. The van der Waals surface area contributed by atoms with Crippen LogP contribution in [-0.4, -0.2) is 25.2 Å². The standard InChI is InChI=1S/C12H14FNO3/c1-16-9-5-6-12(13,11(15)17-2)8-4-3-7-14-10(8)9/h3-4,7,9H,5-6H2,1-2H3/t9-,12-/m1/s1. The number of hydrogen-bond acceptors (Lipinski definition) is 4. The van der Waals surface area contributed by atoms with Crippen molar-refractivity contribution in [3.05, 3.63) is 29.6 Å². The van der Waals surface area contributed by atoms with Crippen LogP contribution >= 0.6 is 0 Å². The quantitative estimate of drug-likeness (QED) is 0.739. The molecular formula is C12H14FNO3. The lowest BCUT2D eigenvalue weighted by Gasteiger charge is -2.32. The van der Waals surface area contributed by atoms with Gasteiger partial charge in [0.15, 0.2) is 0 Å². The maximum absolute atomic E-state index is 14.7. The van der Waals surface area contributed by atoms with Gasteiger partial charge in [-0.3, -0.25) is 4.98 Å². The zero-order valence-corrected chi connectivity index (χ0v) is 9.77.